The molecule has 2 amide bonds. The third-order valence-electron chi connectivity index (χ3n) is 8.74. The predicted molar refractivity (Wildman–Crippen MR) is 149 cm³/mol. The van der Waals surface area contributed by atoms with E-state index < -0.39 is 23.7 Å². The van der Waals surface area contributed by atoms with Gasteiger partial charge in [-0.15, -0.1) is 0 Å². The Morgan fingerprint density at radius 1 is 0.975 bits per heavy atom. The van der Waals surface area contributed by atoms with E-state index in [1.165, 1.54) is 11.0 Å². The number of imide groups is 1. The first kappa shape index (κ1) is 26.1. The van der Waals surface area contributed by atoms with Gasteiger partial charge in [-0.1, -0.05) is 48.9 Å². The Hall–Kier alpha value is -4.10. The largest absolute Gasteiger partial charge is 0.491 e. The molecule has 1 saturated heterocycles. The standard InChI is InChI=1S/C33H31NO6/c1-3-19-8-10-20(11-9-19)34-32(38)23-13-12-21-24(29(23)33(34)39)17-25-30(26(36)16-18(2)31(25)37)28(21)22-6-4-5-7-27(22)40-15-14-35/h4-12,16,23-24,28-29,35H,3,13-15,17H2,1-2H3/t23-,24+,28+,29-/m0/s1. The summed E-state index contributed by atoms with van der Waals surface area (Å²) in [5.74, 6) is -2.55. The number of aryl methyl sites for hydroxylation is 1. The van der Waals surface area contributed by atoms with Crippen LogP contribution in [0.25, 0.3) is 0 Å². The summed E-state index contributed by atoms with van der Waals surface area (Å²) in [6.07, 6.45) is 4.85. The smallest absolute Gasteiger partial charge is 0.238 e. The molecule has 40 heavy (non-hydrogen) atoms. The molecular formula is C33H31NO6. The van der Waals surface area contributed by atoms with E-state index in [9.17, 15) is 24.3 Å². The summed E-state index contributed by atoms with van der Waals surface area (Å²) >= 11 is 0. The number of carbonyl (C=O) groups excluding carboxylic acids is 4. The lowest BCUT2D eigenvalue weighted by Crippen LogP contribution is -2.40. The number of hydrogen-bond donors (Lipinski definition) is 1. The van der Waals surface area contributed by atoms with Crippen LogP contribution in [0.3, 0.4) is 0 Å². The van der Waals surface area contributed by atoms with Gasteiger partial charge in [0.05, 0.1) is 24.1 Å². The van der Waals surface area contributed by atoms with Crippen LogP contribution in [0, 0.1) is 17.8 Å². The van der Waals surface area contributed by atoms with Gasteiger partial charge < -0.3 is 9.84 Å². The van der Waals surface area contributed by atoms with Gasteiger partial charge in [-0.2, -0.15) is 0 Å². The predicted octanol–water partition coefficient (Wildman–Crippen LogP) is 4.25. The number of amides is 2. The van der Waals surface area contributed by atoms with Crippen LogP contribution >= 0.6 is 0 Å². The van der Waals surface area contributed by atoms with Crippen LogP contribution in [0.5, 0.6) is 5.75 Å². The number of Topliss-reactive ketones (excluding diaryl/α,β-unsaturated/α-hetero) is 1. The molecule has 7 heteroatoms. The molecule has 0 radical (unpaired) electrons. The molecule has 4 aliphatic rings. The van der Waals surface area contributed by atoms with Gasteiger partial charge in [0.25, 0.3) is 0 Å². The number of aliphatic hydroxyl groups is 1. The van der Waals surface area contributed by atoms with Crippen LogP contribution in [0.4, 0.5) is 5.69 Å². The Morgan fingerprint density at radius 2 is 1.73 bits per heavy atom. The maximum atomic E-state index is 14.0. The number of allylic oxidation sites excluding steroid dienone is 6. The highest BCUT2D eigenvalue weighted by Gasteiger charge is 2.56. The van der Waals surface area contributed by atoms with Crippen molar-refractivity contribution in [2.45, 2.75) is 39.0 Å². The monoisotopic (exact) mass is 537 g/mol. The van der Waals surface area contributed by atoms with Crippen LogP contribution in [-0.2, 0) is 25.6 Å². The van der Waals surface area contributed by atoms with E-state index >= 15 is 0 Å². The number of carbonyl (C=O) groups is 4. The summed E-state index contributed by atoms with van der Waals surface area (Å²) in [5, 5.41) is 9.39. The second kappa shape index (κ2) is 10.1. The number of ketones is 2. The van der Waals surface area contributed by atoms with Crippen molar-refractivity contribution < 1.29 is 29.0 Å². The molecule has 204 valence electrons. The van der Waals surface area contributed by atoms with Crippen molar-refractivity contribution in [2.24, 2.45) is 17.8 Å². The zero-order chi connectivity index (χ0) is 28.1. The summed E-state index contributed by atoms with van der Waals surface area (Å²) in [7, 11) is 0. The number of hydrogen-bond acceptors (Lipinski definition) is 6. The SMILES string of the molecule is CCc1ccc(N2C(=O)[C@H]3[C@H](CC=C4[C@H](c5ccccc5OCCO)C5=C(C[C@H]43)C(=O)C(C)=CC5=O)C2=O)cc1. The molecule has 0 spiro atoms. The summed E-state index contributed by atoms with van der Waals surface area (Å²) in [6, 6.07) is 14.8. The zero-order valence-electron chi connectivity index (χ0n) is 22.6. The van der Waals surface area contributed by atoms with Crippen LogP contribution in [-0.4, -0.2) is 41.7 Å². The first-order valence-electron chi connectivity index (χ1n) is 13.8. The maximum Gasteiger partial charge on any atom is 0.238 e. The van der Waals surface area contributed by atoms with E-state index in [0.717, 1.165) is 17.6 Å². The van der Waals surface area contributed by atoms with E-state index in [0.29, 0.717) is 40.1 Å². The third-order valence-corrected chi connectivity index (χ3v) is 8.74. The topological polar surface area (TPSA) is 101 Å². The van der Waals surface area contributed by atoms with Crippen LogP contribution in [0.1, 0.15) is 43.7 Å². The van der Waals surface area contributed by atoms with Crippen LogP contribution < -0.4 is 9.64 Å². The van der Waals surface area contributed by atoms with Gasteiger partial charge in [0.15, 0.2) is 11.6 Å². The number of para-hydroxylation sites is 1. The van der Waals surface area contributed by atoms with E-state index in [2.05, 4.69) is 0 Å². The van der Waals surface area contributed by atoms with Gasteiger partial charge >= 0.3 is 0 Å². The molecule has 0 aromatic heterocycles. The highest BCUT2D eigenvalue weighted by atomic mass is 16.5. The fourth-order valence-electron chi connectivity index (χ4n) is 6.88. The number of benzene rings is 2. The van der Waals surface area contributed by atoms with Crippen molar-refractivity contribution >= 4 is 29.1 Å². The highest BCUT2D eigenvalue weighted by Crippen LogP contribution is 2.56. The van der Waals surface area contributed by atoms with E-state index in [-0.39, 0.29) is 43.0 Å². The molecule has 6 rings (SSSR count). The zero-order valence-corrected chi connectivity index (χ0v) is 22.6. The molecule has 0 saturated carbocycles. The number of fused-ring (bicyclic) bond motifs is 3. The fourth-order valence-corrected chi connectivity index (χ4v) is 6.88. The molecule has 2 aromatic rings. The summed E-state index contributed by atoms with van der Waals surface area (Å²) in [6.45, 7) is 3.59. The average molecular weight is 538 g/mol. The fraction of sp³-hybridized carbons (Fsp3) is 0.333. The maximum absolute atomic E-state index is 14.0. The van der Waals surface area contributed by atoms with Gasteiger partial charge in [0, 0.05) is 28.2 Å². The number of anilines is 1. The number of aliphatic hydroxyl groups excluding tert-OH is 1. The van der Waals surface area contributed by atoms with Crippen LogP contribution in [0.15, 0.2) is 83.0 Å². The molecular weight excluding hydrogens is 506 g/mol. The van der Waals surface area contributed by atoms with Crippen molar-refractivity contribution in [3.63, 3.8) is 0 Å². The summed E-state index contributed by atoms with van der Waals surface area (Å²) in [4.78, 5) is 55.9. The second-order valence-corrected chi connectivity index (χ2v) is 10.9. The van der Waals surface area contributed by atoms with Crippen molar-refractivity contribution in [2.75, 3.05) is 18.1 Å². The third kappa shape index (κ3) is 3.99. The van der Waals surface area contributed by atoms with Gasteiger partial charge in [-0.25, -0.2) is 0 Å². The molecule has 0 bridgehead atoms. The minimum absolute atomic E-state index is 0.0769. The Bertz CT molecular complexity index is 1530. The molecule has 2 aromatic carbocycles. The number of nitrogens with zero attached hydrogens (tertiary/aromatic N) is 1. The summed E-state index contributed by atoms with van der Waals surface area (Å²) < 4.78 is 5.86. The number of ether oxygens (including phenoxy) is 1. The van der Waals surface area contributed by atoms with Crippen LogP contribution in [0.2, 0.25) is 0 Å². The molecule has 7 nitrogen and oxygen atoms in total. The molecule has 1 N–H and O–H groups in total. The quantitative estimate of drug-likeness (QED) is 0.336. The van der Waals surface area contributed by atoms with E-state index in [4.69, 9.17) is 4.74 Å². The lowest BCUT2D eigenvalue weighted by molar-refractivity contribution is -0.123. The van der Waals surface area contributed by atoms with Gasteiger partial charge in [0.2, 0.25) is 11.8 Å². The van der Waals surface area contributed by atoms with Gasteiger partial charge in [-0.05, 0) is 61.9 Å². The molecule has 1 heterocycles. The van der Waals surface area contributed by atoms with Crippen molar-refractivity contribution in [3.05, 3.63) is 94.1 Å². The average Bonchev–Trinajstić information content (AvgIpc) is 3.23. The summed E-state index contributed by atoms with van der Waals surface area (Å²) in [5.41, 5.74) is 4.46. The second-order valence-electron chi connectivity index (χ2n) is 10.9. The minimum Gasteiger partial charge on any atom is -0.491 e. The molecule has 3 aliphatic carbocycles. The lowest BCUT2D eigenvalue weighted by Gasteiger charge is -2.42. The van der Waals surface area contributed by atoms with Gasteiger partial charge in [0.1, 0.15) is 12.4 Å². The molecule has 4 atom stereocenters. The Labute approximate surface area is 232 Å². The Balaban J connectivity index is 1.47. The Kier molecular flexibility index (Phi) is 6.62. The molecule has 1 aliphatic heterocycles. The van der Waals surface area contributed by atoms with Crippen molar-refractivity contribution in [1.82, 2.24) is 0 Å². The minimum atomic E-state index is -0.630. The van der Waals surface area contributed by atoms with Crippen molar-refractivity contribution in [3.8, 4) is 5.75 Å². The van der Waals surface area contributed by atoms with E-state index in [1.54, 1.807) is 13.0 Å². The number of rotatable bonds is 6. The van der Waals surface area contributed by atoms with Gasteiger partial charge in [-0.3, -0.25) is 24.1 Å². The lowest BCUT2D eigenvalue weighted by atomic mass is 9.59. The molecule has 1 fully saturated rings. The van der Waals surface area contributed by atoms with Crippen molar-refractivity contribution in [1.29, 1.82) is 0 Å². The van der Waals surface area contributed by atoms with E-state index in [1.807, 2.05) is 55.5 Å². The first-order chi connectivity index (χ1) is 19.3. The highest BCUT2D eigenvalue weighted by molar-refractivity contribution is 6.25. The first-order valence-corrected chi connectivity index (χ1v) is 13.8. The normalized spacial score (nSPS) is 25.8. The molecule has 0 unspecified atom stereocenters. The Morgan fingerprint density at radius 3 is 2.45 bits per heavy atom.